The number of methoxy groups -OCH3 is 2. The fourth-order valence-corrected chi connectivity index (χ4v) is 4.00. The lowest BCUT2D eigenvalue weighted by Crippen LogP contribution is -2.48. The summed E-state index contributed by atoms with van der Waals surface area (Å²) >= 11 is 3.37. The number of carbonyl (C=O) groups is 2. The van der Waals surface area contributed by atoms with Crippen molar-refractivity contribution in [3.63, 3.8) is 0 Å². The van der Waals surface area contributed by atoms with Crippen molar-refractivity contribution in [3.8, 4) is 11.5 Å². The van der Waals surface area contributed by atoms with Crippen LogP contribution in [0.1, 0.15) is 35.2 Å². The molecule has 1 fully saturated rings. The zero-order valence-corrected chi connectivity index (χ0v) is 19.7. The minimum Gasteiger partial charge on any atom is -0.493 e. The van der Waals surface area contributed by atoms with Gasteiger partial charge in [-0.2, -0.15) is 0 Å². The summed E-state index contributed by atoms with van der Waals surface area (Å²) in [5.74, 6) is 1.67. The van der Waals surface area contributed by atoms with E-state index < -0.39 is 0 Å². The van der Waals surface area contributed by atoms with E-state index in [1.54, 1.807) is 14.2 Å². The fraction of sp³-hybridized carbons (Fsp3) is 0.417. The Morgan fingerprint density at radius 1 is 0.903 bits per heavy atom. The molecule has 0 saturated carbocycles. The van der Waals surface area contributed by atoms with Crippen LogP contribution in [0, 0.1) is 0 Å². The first kappa shape index (κ1) is 23.3. The number of Topliss-reactive ketones (excluding diaryl/α,β-unsaturated/α-hetero) is 1. The highest BCUT2D eigenvalue weighted by molar-refractivity contribution is 9.10. The number of hydrogen-bond acceptors (Lipinski definition) is 5. The molecule has 0 unspecified atom stereocenters. The number of piperazine rings is 1. The molecule has 0 atom stereocenters. The molecule has 2 aromatic carbocycles. The van der Waals surface area contributed by atoms with Gasteiger partial charge >= 0.3 is 0 Å². The first-order chi connectivity index (χ1) is 15.0. The van der Waals surface area contributed by atoms with Crippen LogP contribution < -0.4 is 9.47 Å². The number of amides is 1. The van der Waals surface area contributed by atoms with Crippen LogP contribution in [0.2, 0.25) is 0 Å². The largest absolute Gasteiger partial charge is 0.493 e. The van der Waals surface area contributed by atoms with Gasteiger partial charge < -0.3 is 14.4 Å². The molecule has 31 heavy (non-hydrogen) atoms. The smallest absolute Gasteiger partial charge is 0.222 e. The molecule has 1 amide bonds. The summed E-state index contributed by atoms with van der Waals surface area (Å²) in [6, 6.07) is 13.3. The average Bonchev–Trinajstić information content (AvgIpc) is 2.79. The SMILES string of the molecule is COc1ccc(CN2CCN(C(=O)CCCC(=O)c3ccc(Br)cc3)CC2)cc1OC. The molecule has 166 valence electrons. The fourth-order valence-electron chi connectivity index (χ4n) is 3.73. The number of rotatable bonds is 9. The quantitative estimate of drug-likeness (QED) is 0.495. The van der Waals surface area contributed by atoms with Crippen molar-refractivity contribution in [2.75, 3.05) is 40.4 Å². The van der Waals surface area contributed by atoms with E-state index in [4.69, 9.17) is 9.47 Å². The predicted octanol–water partition coefficient (Wildman–Crippen LogP) is 4.16. The third-order valence-corrected chi connectivity index (χ3v) is 6.07. The van der Waals surface area contributed by atoms with Crippen molar-refractivity contribution in [1.82, 2.24) is 9.80 Å². The van der Waals surface area contributed by atoms with Gasteiger partial charge in [0.05, 0.1) is 14.2 Å². The van der Waals surface area contributed by atoms with Crippen LogP contribution in [-0.2, 0) is 11.3 Å². The minimum absolute atomic E-state index is 0.0834. The van der Waals surface area contributed by atoms with Crippen LogP contribution in [0.3, 0.4) is 0 Å². The number of ether oxygens (including phenoxy) is 2. The van der Waals surface area contributed by atoms with Crippen molar-refractivity contribution >= 4 is 27.6 Å². The van der Waals surface area contributed by atoms with Crippen LogP contribution in [0.25, 0.3) is 0 Å². The van der Waals surface area contributed by atoms with Gasteiger partial charge in [-0.05, 0) is 36.2 Å². The van der Waals surface area contributed by atoms with E-state index >= 15 is 0 Å². The monoisotopic (exact) mass is 488 g/mol. The van der Waals surface area contributed by atoms with Crippen molar-refractivity contribution < 1.29 is 19.1 Å². The molecule has 6 nitrogen and oxygen atoms in total. The molecule has 0 spiro atoms. The van der Waals surface area contributed by atoms with E-state index in [0.717, 1.165) is 41.2 Å². The third kappa shape index (κ3) is 6.55. The summed E-state index contributed by atoms with van der Waals surface area (Å²) in [7, 11) is 3.27. The number of hydrogen-bond donors (Lipinski definition) is 0. The lowest BCUT2D eigenvalue weighted by molar-refractivity contribution is -0.133. The Balaban J connectivity index is 1.40. The highest BCUT2D eigenvalue weighted by atomic mass is 79.9. The maximum absolute atomic E-state index is 12.5. The van der Waals surface area contributed by atoms with Gasteiger partial charge in [-0.25, -0.2) is 0 Å². The Kier molecular flexibility index (Phi) is 8.49. The Labute approximate surface area is 192 Å². The third-order valence-electron chi connectivity index (χ3n) is 5.54. The molecule has 0 radical (unpaired) electrons. The molecule has 0 bridgehead atoms. The van der Waals surface area contributed by atoms with E-state index in [1.165, 1.54) is 0 Å². The molecular formula is C24H29BrN2O4. The van der Waals surface area contributed by atoms with Gasteiger partial charge in [0.1, 0.15) is 0 Å². The first-order valence-electron chi connectivity index (χ1n) is 10.5. The molecular weight excluding hydrogens is 460 g/mol. The molecule has 1 saturated heterocycles. The number of carbonyl (C=O) groups excluding carboxylic acids is 2. The van der Waals surface area contributed by atoms with Crippen molar-refractivity contribution in [3.05, 3.63) is 58.1 Å². The molecule has 7 heteroatoms. The molecule has 3 rings (SSSR count). The summed E-state index contributed by atoms with van der Waals surface area (Å²) in [5, 5.41) is 0. The van der Waals surface area contributed by atoms with Gasteiger partial charge in [-0.15, -0.1) is 0 Å². The summed E-state index contributed by atoms with van der Waals surface area (Å²) in [5.41, 5.74) is 1.85. The van der Waals surface area contributed by atoms with Crippen LogP contribution in [-0.4, -0.2) is 61.9 Å². The van der Waals surface area contributed by atoms with Gasteiger partial charge in [0.2, 0.25) is 5.91 Å². The molecule has 0 aromatic heterocycles. The number of halogens is 1. The van der Waals surface area contributed by atoms with Crippen LogP contribution in [0.4, 0.5) is 0 Å². The molecule has 2 aromatic rings. The standard InChI is InChI=1S/C24H29BrN2O4/c1-30-22-11-6-18(16-23(22)31-2)17-26-12-14-27(15-13-26)24(29)5-3-4-21(28)19-7-9-20(25)10-8-19/h6-11,16H,3-5,12-15,17H2,1-2H3. The van der Waals surface area contributed by atoms with E-state index in [1.807, 2.05) is 47.4 Å². The normalized spacial score (nSPS) is 14.4. The van der Waals surface area contributed by atoms with Gasteiger partial charge in [0, 0.05) is 55.6 Å². The molecule has 1 heterocycles. The van der Waals surface area contributed by atoms with Crippen molar-refractivity contribution in [1.29, 1.82) is 0 Å². The second-order valence-electron chi connectivity index (χ2n) is 7.63. The van der Waals surface area contributed by atoms with Gasteiger partial charge in [0.25, 0.3) is 0 Å². The highest BCUT2D eigenvalue weighted by Crippen LogP contribution is 2.28. The number of nitrogens with zero attached hydrogens (tertiary/aromatic N) is 2. The topological polar surface area (TPSA) is 59.1 Å². The predicted molar refractivity (Wildman–Crippen MR) is 124 cm³/mol. The zero-order valence-electron chi connectivity index (χ0n) is 18.1. The van der Waals surface area contributed by atoms with Gasteiger partial charge in [0.15, 0.2) is 17.3 Å². The lowest BCUT2D eigenvalue weighted by Gasteiger charge is -2.35. The van der Waals surface area contributed by atoms with E-state index in [9.17, 15) is 9.59 Å². The van der Waals surface area contributed by atoms with Crippen molar-refractivity contribution in [2.24, 2.45) is 0 Å². The average molecular weight is 489 g/mol. The summed E-state index contributed by atoms with van der Waals surface area (Å²) in [6.45, 7) is 3.90. The molecule has 1 aliphatic heterocycles. The summed E-state index contributed by atoms with van der Waals surface area (Å²) in [4.78, 5) is 29.0. The van der Waals surface area contributed by atoms with E-state index in [0.29, 0.717) is 37.9 Å². The van der Waals surface area contributed by atoms with E-state index in [2.05, 4.69) is 20.8 Å². The Morgan fingerprint density at radius 3 is 2.23 bits per heavy atom. The molecule has 1 aliphatic rings. The maximum atomic E-state index is 12.5. The van der Waals surface area contributed by atoms with E-state index in [-0.39, 0.29) is 11.7 Å². The Hall–Kier alpha value is -2.38. The lowest BCUT2D eigenvalue weighted by atomic mass is 10.1. The second-order valence-corrected chi connectivity index (χ2v) is 8.55. The van der Waals surface area contributed by atoms with Crippen LogP contribution in [0.5, 0.6) is 11.5 Å². The highest BCUT2D eigenvalue weighted by Gasteiger charge is 2.21. The molecule has 0 N–H and O–H groups in total. The van der Waals surface area contributed by atoms with Crippen LogP contribution >= 0.6 is 15.9 Å². The van der Waals surface area contributed by atoms with Crippen molar-refractivity contribution in [2.45, 2.75) is 25.8 Å². The second kappa shape index (κ2) is 11.3. The summed E-state index contributed by atoms with van der Waals surface area (Å²) in [6.07, 6.45) is 1.39. The maximum Gasteiger partial charge on any atom is 0.222 e. The Morgan fingerprint density at radius 2 is 1.58 bits per heavy atom. The Bertz CT molecular complexity index is 893. The minimum atomic E-state index is 0.0834. The van der Waals surface area contributed by atoms with Gasteiger partial charge in [-0.3, -0.25) is 14.5 Å². The summed E-state index contributed by atoms with van der Waals surface area (Å²) < 4.78 is 11.6. The number of ketones is 1. The zero-order chi connectivity index (χ0) is 22.2. The number of benzene rings is 2. The van der Waals surface area contributed by atoms with Crippen LogP contribution in [0.15, 0.2) is 46.9 Å². The first-order valence-corrected chi connectivity index (χ1v) is 11.3. The molecule has 0 aliphatic carbocycles. The van der Waals surface area contributed by atoms with Gasteiger partial charge in [-0.1, -0.05) is 34.1 Å².